The molecule has 1 heterocycles. The summed E-state index contributed by atoms with van der Waals surface area (Å²) in [5.41, 5.74) is -0.684. The van der Waals surface area contributed by atoms with E-state index in [4.69, 9.17) is 4.74 Å². The summed E-state index contributed by atoms with van der Waals surface area (Å²) in [7, 11) is 1.36. The zero-order chi connectivity index (χ0) is 15.4. The number of halogens is 1. The van der Waals surface area contributed by atoms with Crippen LogP contribution in [0.5, 0.6) is 5.88 Å². The lowest BCUT2D eigenvalue weighted by Gasteiger charge is -2.26. The minimum absolute atomic E-state index is 0.0135. The van der Waals surface area contributed by atoms with Crippen molar-refractivity contribution in [2.75, 3.05) is 7.11 Å². The Hall–Kier alpha value is -2.25. The van der Waals surface area contributed by atoms with Gasteiger partial charge in [-0.25, -0.2) is 0 Å². The van der Waals surface area contributed by atoms with Crippen LogP contribution in [0.4, 0.5) is 10.1 Å². The molecule has 1 saturated carbocycles. The molecule has 0 aromatic carbocycles. The minimum atomic E-state index is -1.17. The van der Waals surface area contributed by atoms with Crippen LogP contribution in [0.15, 0.2) is 12.1 Å². The van der Waals surface area contributed by atoms with Gasteiger partial charge in [0.25, 0.3) is 5.95 Å². The maximum atomic E-state index is 13.4. The van der Waals surface area contributed by atoms with Crippen LogP contribution < -0.4 is 4.74 Å². The van der Waals surface area contributed by atoms with Crippen LogP contribution >= 0.6 is 0 Å². The van der Waals surface area contributed by atoms with Gasteiger partial charge >= 0.3 is 11.7 Å². The monoisotopic (exact) mass is 298 g/mol. The number of carbonyl (C=O) groups excluding carboxylic acids is 1. The quantitative estimate of drug-likeness (QED) is 0.366. The smallest absolute Gasteiger partial charge is 0.324 e. The molecule has 1 aromatic rings. The van der Waals surface area contributed by atoms with Gasteiger partial charge in [0.05, 0.1) is 18.0 Å². The van der Waals surface area contributed by atoms with Gasteiger partial charge in [0, 0.05) is 12.1 Å². The zero-order valence-corrected chi connectivity index (χ0v) is 11.5. The number of pyridine rings is 1. The molecule has 0 radical (unpaired) electrons. The van der Waals surface area contributed by atoms with Crippen LogP contribution in [0.2, 0.25) is 0 Å². The molecule has 1 aliphatic rings. The molecule has 0 N–H and O–H groups in total. The highest BCUT2D eigenvalue weighted by Crippen LogP contribution is 2.28. The van der Waals surface area contributed by atoms with Gasteiger partial charge in [-0.05, 0) is 25.7 Å². The molecule has 1 aromatic heterocycles. The van der Waals surface area contributed by atoms with E-state index in [1.807, 2.05) is 0 Å². The number of nitro groups is 1. The van der Waals surface area contributed by atoms with Crippen molar-refractivity contribution in [2.45, 2.75) is 31.8 Å². The molecule has 0 bridgehead atoms. The standard InChI is InChI=1S/C13H15FN2O5/c1-20-13(17)8-2-4-9(5-3-8)21-11-7-6-10(16(18)19)12(14)15-11/h6-9H,2-5H2,1H3. The van der Waals surface area contributed by atoms with Crippen molar-refractivity contribution in [3.05, 3.63) is 28.2 Å². The number of carbonyl (C=O) groups is 1. The number of hydrogen-bond donors (Lipinski definition) is 0. The van der Waals surface area contributed by atoms with E-state index in [0.717, 1.165) is 6.07 Å². The highest BCUT2D eigenvalue weighted by Gasteiger charge is 2.28. The topological polar surface area (TPSA) is 91.6 Å². The summed E-state index contributed by atoms with van der Waals surface area (Å²) < 4.78 is 23.6. The van der Waals surface area contributed by atoms with Gasteiger partial charge in [-0.1, -0.05) is 0 Å². The first-order chi connectivity index (χ1) is 10.0. The third kappa shape index (κ3) is 3.65. The molecule has 0 aliphatic heterocycles. The first kappa shape index (κ1) is 15.1. The molecule has 0 unspecified atom stereocenters. The lowest BCUT2D eigenvalue weighted by atomic mass is 9.87. The second kappa shape index (κ2) is 6.47. The van der Waals surface area contributed by atoms with Crippen molar-refractivity contribution in [1.82, 2.24) is 4.98 Å². The molecule has 0 saturated heterocycles. The van der Waals surface area contributed by atoms with Gasteiger partial charge in [0.15, 0.2) is 0 Å². The first-order valence-electron chi connectivity index (χ1n) is 6.56. The van der Waals surface area contributed by atoms with Gasteiger partial charge in [0.1, 0.15) is 6.10 Å². The van der Waals surface area contributed by atoms with E-state index < -0.39 is 16.6 Å². The average Bonchev–Trinajstić information content (AvgIpc) is 2.47. The number of hydrogen-bond acceptors (Lipinski definition) is 6. The Labute approximate surface area is 120 Å². The molecule has 0 spiro atoms. The maximum Gasteiger partial charge on any atom is 0.324 e. The van der Waals surface area contributed by atoms with E-state index in [1.165, 1.54) is 13.2 Å². The van der Waals surface area contributed by atoms with Crippen molar-refractivity contribution in [3.8, 4) is 5.88 Å². The van der Waals surface area contributed by atoms with Crippen molar-refractivity contribution in [3.63, 3.8) is 0 Å². The highest BCUT2D eigenvalue weighted by molar-refractivity contribution is 5.72. The third-order valence-electron chi connectivity index (χ3n) is 3.50. The predicted molar refractivity (Wildman–Crippen MR) is 69.2 cm³/mol. The van der Waals surface area contributed by atoms with Crippen molar-refractivity contribution in [1.29, 1.82) is 0 Å². The summed E-state index contributed by atoms with van der Waals surface area (Å²) in [6.45, 7) is 0. The first-order valence-corrected chi connectivity index (χ1v) is 6.56. The number of nitrogens with zero attached hydrogens (tertiary/aromatic N) is 2. The molecule has 114 valence electrons. The van der Waals surface area contributed by atoms with Crippen LogP contribution in [0, 0.1) is 22.0 Å². The van der Waals surface area contributed by atoms with Crippen LogP contribution in [-0.4, -0.2) is 29.1 Å². The molecule has 2 rings (SSSR count). The van der Waals surface area contributed by atoms with Crippen molar-refractivity contribution >= 4 is 11.7 Å². The van der Waals surface area contributed by atoms with Crippen molar-refractivity contribution in [2.24, 2.45) is 5.92 Å². The Morgan fingerprint density at radius 2 is 2.05 bits per heavy atom. The molecule has 21 heavy (non-hydrogen) atoms. The number of rotatable bonds is 4. The van der Waals surface area contributed by atoms with E-state index in [1.54, 1.807) is 0 Å². The van der Waals surface area contributed by atoms with E-state index in [-0.39, 0.29) is 23.9 Å². The van der Waals surface area contributed by atoms with Crippen LogP contribution in [0.3, 0.4) is 0 Å². The Kier molecular flexibility index (Phi) is 4.66. The summed E-state index contributed by atoms with van der Waals surface area (Å²) in [6, 6.07) is 2.30. The molecular weight excluding hydrogens is 283 g/mol. The normalized spacial score (nSPS) is 21.6. The molecular formula is C13H15FN2O5. The van der Waals surface area contributed by atoms with Crippen molar-refractivity contribution < 1.29 is 23.6 Å². The van der Waals surface area contributed by atoms with Crippen LogP contribution in [0.1, 0.15) is 25.7 Å². The van der Waals surface area contributed by atoms with Gasteiger partial charge in [-0.2, -0.15) is 9.37 Å². The Morgan fingerprint density at radius 3 is 2.57 bits per heavy atom. The lowest BCUT2D eigenvalue weighted by molar-refractivity contribution is -0.388. The highest BCUT2D eigenvalue weighted by atomic mass is 19.1. The SMILES string of the molecule is COC(=O)C1CCC(Oc2ccc([N+](=O)[O-])c(F)n2)CC1. The third-order valence-corrected chi connectivity index (χ3v) is 3.50. The molecule has 1 fully saturated rings. The summed E-state index contributed by atoms with van der Waals surface area (Å²) in [5.74, 6) is -1.51. The maximum absolute atomic E-state index is 13.4. The van der Waals surface area contributed by atoms with E-state index in [0.29, 0.717) is 25.7 Å². The van der Waals surface area contributed by atoms with E-state index in [2.05, 4.69) is 9.72 Å². The fraction of sp³-hybridized carbons (Fsp3) is 0.538. The van der Waals surface area contributed by atoms with E-state index >= 15 is 0 Å². The number of methoxy groups -OCH3 is 1. The Morgan fingerprint density at radius 1 is 1.38 bits per heavy atom. The summed E-state index contributed by atoms with van der Waals surface area (Å²) >= 11 is 0. The molecule has 1 aliphatic carbocycles. The lowest BCUT2D eigenvalue weighted by Crippen LogP contribution is -2.28. The minimum Gasteiger partial charge on any atom is -0.474 e. The summed E-state index contributed by atoms with van der Waals surface area (Å²) in [5, 5.41) is 10.5. The molecule has 0 atom stereocenters. The largest absolute Gasteiger partial charge is 0.474 e. The fourth-order valence-electron chi connectivity index (χ4n) is 2.37. The van der Waals surface area contributed by atoms with Gasteiger partial charge < -0.3 is 9.47 Å². The summed E-state index contributed by atoms with van der Waals surface area (Å²) in [4.78, 5) is 24.5. The second-order valence-corrected chi connectivity index (χ2v) is 4.83. The van der Waals surface area contributed by atoms with Crippen LogP contribution in [0.25, 0.3) is 0 Å². The zero-order valence-electron chi connectivity index (χ0n) is 11.5. The predicted octanol–water partition coefficient (Wildman–Crippen LogP) is 2.24. The molecule has 7 nitrogen and oxygen atoms in total. The Bertz CT molecular complexity index is 543. The van der Waals surface area contributed by atoms with Gasteiger partial charge in [-0.15, -0.1) is 0 Å². The number of aromatic nitrogens is 1. The summed E-state index contributed by atoms with van der Waals surface area (Å²) in [6.07, 6.45) is 2.33. The molecule has 8 heteroatoms. The fourth-order valence-corrected chi connectivity index (χ4v) is 2.37. The van der Waals surface area contributed by atoms with Crippen LogP contribution in [-0.2, 0) is 9.53 Å². The second-order valence-electron chi connectivity index (χ2n) is 4.83. The molecule has 0 amide bonds. The van der Waals surface area contributed by atoms with E-state index in [9.17, 15) is 19.3 Å². The Balaban J connectivity index is 1.93. The average molecular weight is 298 g/mol. The number of ether oxygens (including phenoxy) is 2. The van der Waals surface area contributed by atoms with Gasteiger partial charge in [-0.3, -0.25) is 14.9 Å². The van der Waals surface area contributed by atoms with Gasteiger partial charge in [0.2, 0.25) is 5.88 Å². The number of esters is 1.